The SMILES string of the molecule is Cc1ccc(N(c2ccc(Br)cc2)c2ccc(N(c3ccc(Br)cc3)c3ccc(COC(=O)c4c(C)c(O)[nH]c(=O)c4C)cc3)cc2)cc1. The minimum absolute atomic E-state index is 0.00341. The van der Waals surface area contributed by atoms with Gasteiger partial charge in [-0.3, -0.25) is 9.78 Å². The fourth-order valence-electron chi connectivity index (χ4n) is 5.60. The molecule has 9 heteroatoms. The molecule has 49 heavy (non-hydrogen) atoms. The third-order valence-electron chi connectivity index (χ3n) is 8.27. The summed E-state index contributed by atoms with van der Waals surface area (Å²) < 4.78 is 7.56. The fourth-order valence-corrected chi connectivity index (χ4v) is 6.12. The molecule has 1 aromatic heterocycles. The Morgan fingerprint density at radius 1 is 0.612 bits per heavy atom. The summed E-state index contributed by atoms with van der Waals surface area (Å²) in [6, 6.07) is 41.1. The number of hydrogen-bond acceptors (Lipinski definition) is 6. The minimum Gasteiger partial charge on any atom is -0.494 e. The summed E-state index contributed by atoms with van der Waals surface area (Å²) in [4.78, 5) is 31.8. The standard InChI is InChI=1S/C40H33Br2N3O4/c1-25-4-12-31(13-5-25)44(33-16-8-29(41)9-17-33)35-20-22-36(23-21-35)45(34-18-10-30(42)11-19-34)32-14-6-28(7-15-32)24-49-40(48)37-26(2)38(46)43-39(47)27(37)3/h4-23H,24H2,1-3H3,(H2,43,46,47). The van der Waals surface area contributed by atoms with E-state index in [2.05, 4.69) is 126 Å². The van der Waals surface area contributed by atoms with Crippen LogP contribution in [0.25, 0.3) is 0 Å². The molecule has 0 aliphatic heterocycles. The van der Waals surface area contributed by atoms with Gasteiger partial charge in [0.15, 0.2) is 5.88 Å². The van der Waals surface area contributed by atoms with Crippen LogP contribution >= 0.6 is 31.9 Å². The van der Waals surface area contributed by atoms with Crippen molar-refractivity contribution in [2.75, 3.05) is 9.80 Å². The van der Waals surface area contributed by atoms with Crippen LogP contribution in [-0.4, -0.2) is 16.1 Å². The van der Waals surface area contributed by atoms with Gasteiger partial charge in [-0.25, -0.2) is 4.79 Å². The summed E-state index contributed by atoms with van der Waals surface area (Å²) in [5.41, 5.74) is 7.95. The summed E-state index contributed by atoms with van der Waals surface area (Å²) in [6.45, 7) is 5.18. The average molecular weight is 780 g/mol. The minimum atomic E-state index is -0.667. The molecule has 1 heterocycles. The highest BCUT2D eigenvalue weighted by atomic mass is 79.9. The fraction of sp³-hybridized carbons (Fsp3) is 0.100. The largest absolute Gasteiger partial charge is 0.494 e. The molecular weight excluding hydrogens is 746 g/mol. The second-order valence-electron chi connectivity index (χ2n) is 11.6. The number of nitrogens with zero attached hydrogens (tertiary/aromatic N) is 2. The van der Waals surface area contributed by atoms with Gasteiger partial charge in [0.25, 0.3) is 5.56 Å². The number of aromatic nitrogens is 1. The summed E-state index contributed by atoms with van der Waals surface area (Å²) >= 11 is 7.12. The number of anilines is 6. The van der Waals surface area contributed by atoms with E-state index in [4.69, 9.17) is 4.74 Å². The van der Waals surface area contributed by atoms with Crippen molar-refractivity contribution in [1.29, 1.82) is 0 Å². The Morgan fingerprint density at radius 3 is 1.41 bits per heavy atom. The van der Waals surface area contributed by atoms with Gasteiger partial charge in [0, 0.05) is 54.2 Å². The Morgan fingerprint density at radius 2 is 0.980 bits per heavy atom. The second-order valence-corrected chi connectivity index (χ2v) is 13.5. The van der Waals surface area contributed by atoms with E-state index in [9.17, 15) is 14.7 Å². The number of carbonyl (C=O) groups is 1. The lowest BCUT2D eigenvalue weighted by Crippen LogP contribution is -2.19. The number of carbonyl (C=O) groups excluding carboxylic acids is 1. The van der Waals surface area contributed by atoms with Crippen LogP contribution in [0.2, 0.25) is 0 Å². The van der Waals surface area contributed by atoms with Crippen molar-refractivity contribution in [1.82, 2.24) is 4.98 Å². The smallest absolute Gasteiger partial charge is 0.339 e. The summed E-state index contributed by atoms with van der Waals surface area (Å²) in [5, 5.41) is 10.0. The van der Waals surface area contributed by atoms with E-state index in [1.165, 1.54) is 12.5 Å². The molecule has 6 rings (SSSR count). The molecule has 0 spiro atoms. The molecule has 0 saturated carbocycles. The summed E-state index contributed by atoms with van der Waals surface area (Å²) in [7, 11) is 0. The average Bonchev–Trinajstić information content (AvgIpc) is 3.10. The van der Waals surface area contributed by atoms with Crippen molar-refractivity contribution in [2.24, 2.45) is 0 Å². The number of pyridine rings is 1. The Kier molecular flexibility index (Phi) is 10.0. The number of aromatic hydroxyl groups is 1. The maximum Gasteiger partial charge on any atom is 0.339 e. The number of nitrogens with one attached hydrogen (secondary N) is 1. The quantitative estimate of drug-likeness (QED) is 0.142. The molecule has 6 aromatic rings. The van der Waals surface area contributed by atoms with Crippen molar-refractivity contribution in [3.63, 3.8) is 0 Å². The molecule has 246 valence electrons. The van der Waals surface area contributed by atoms with Gasteiger partial charge in [0.2, 0.25) is 0 Å². The van der Waals surface area contributed by atoms with Crippen molar-refractivity contribution < 1.29 is 14.6 Å². The van der Waals surface area contributed by atoms with E-state index in [-0.39, 0.29) is 29.2 Å². The van der Waals surface area contributed by atoms with Gasteiger partial charge in [-0.2, -0.15) is 0 Å². The maximum atomic E-state index is 12.9. The molecule has 0 radical (unpaired) electrons. The van der Waals surface area contributed by atoms with Crippen LogP contribution in [0.4, 0.5) is 34.1 Å². The molecule has 0 amide bonds. The normalized spacial score (nSPS) is 10.9. The highest BCUT2D eigenvalue weighted by Gasteiger charge is 2.20. The Hall–Kier alpha value is -5.12. The molecule has 0 saturated heterocycles. The van der Waals surface area contributed by atoms with Crippen LogP contribution in [-0.2, 0) is 11.3 Å². The lowest BCUT2D eigenvalue weighted by Gasteiger charge is -2.28. The lowest BCUT2D eigenvalue weighted by molar-refractivity contribution is 0.0470. The summed E-state index contributed by atoms with van der Waals surface area (Å²) in [5.74, 6) is -1.01. The van der Waals surface area contributed by atoms with Crippen molar-refractivity contribution >= 4 is 72.0 Å². The Balaban J connectivity index is 1.29. The second kappa shape index (κ2) is 14.6. The molecule has 0 unspecified atom stereocenters. The molecule has 0 fully saturated rings. The van der Waals surface area contributed by atoms with Crippen molar-refractivity contribution in [3.05, 3.63) is 168 Å². The molecule has 0 aliphatic rings. The molecule has 0 atom stereocenters. The number of esters is 1. The Bertz CT molecular complexity index is 2100. The molecule has 0 bridgehead atoms. The van der Waals surface area contributed by atoms with E-state index >= 15 is 0 Å². The van der Waals surface area contributed by atoms with Crippen LogP contribution in [0.1, 0.15) is 32.6 Å². The number of benzene rings is 5. The van der Waals surface area contributed by atoms with Crippen molar-refractivity contribution in [3.8, 4) is 5.88 Å². The van der Waals surface area contributed by atoms with Crippen LogP contribution in [0, 0.1) is 20.8 Å². The molecular formula is C40H33Br2N3O4. The molecule has 7 nitrogen and oxygen atoms in total. The zero-order chi connectivity index (χ0) is 34.7. The maximum absolute atomic E-state index is 12.9. The number of aryl methyl sites for hydroxylation is 1. The summed E-state index contributed by atoms with van der Waals surface area (Å²) in [6.07, 6.45) is 0. The number of ether oxygens (including phenoxy) is 1. The zero-order valence-electron chi connectivity index (χ0n) is 27.1. The molecule has 5 aromatic carbocycles. The lowest BCUT2D eigenvalue weighted by atomic mass is 10.1. The van der Waals surface area contributed by atoms with Crippen LogP contribution in [0.3, 0.4) is 0 Å². The van der Waals surface area contributed by atoms with Crippen LogP contribution in [0.5, 0.6) is 5.88 Å². The van der Waals surface area contributed by atoms with E-state index in [1.54, 1.807) is 6.92 Å². The highest BCUT2D eigenvalue weighted by molar-refractivity contribution is 9.10. The van der Waals surface area contributed by atoms with E-state index in [0.29, 0.717) is 0 Å². The highest BCUT2D eigenvalue weighted by Crippen LogP contribution is 2.39. The first-order valence-electron chi connectivity index (χ1n) is 15.6. The van der Waals surface area contributed by atoms with E-state index in [0.717, 1.165) is 48.6 Å². The Labute approximate surface area is 301 Å². The van der Waals surface area contributed by atoms with Gasteiger partial charge in [-0.05, 0) is 123 Å². The van der Waals surface area contributed by atoms with Crippen LogP contribution < -0.4 is 15.4 Å². The first-order chi connectivity index (χ1) is 23.6. The van der Waals surface area contributed by atoms with Gasteiger partial charge in [-0.15, -0.1) is 0 Å². The number of halogens is 2. The molecule has 0 aliphatic carbocycles. The van der Waals surface area contributed by atoms with Gasteiger partial charge in [0.1, 0.15) is 6.61 Å². The van der Waals surface area contributed by atoms with E-state index < -0.39 is 11.5 Å². The zero-order valence-corrected chi connectivity index (χ0v) is 30.2. The van der Waals surface area contributed by atoms with E-state index in [1.807, 2.05) is 48.5 Å². The first kappa shape index (κ1) is 33.8. The van der Waals surface area contributed by atoms with Gasteiger partial charge >= 0.3 is 5.97 Å². The monoisotopic (exact) mass is 777 g/mol. The topological polar surface area (TPSA) is 85.9 Å². The van der Waals surface area contributed by atoms with Gasteiger partial charge in [0.05, 0.1) is 5.56 Å². The van der Waals surface area contributed by atoms with Gasteiger partial charge in [-0.1, -0.05) is 61.7 Å². The van der Waals surface area contributed by atoms with Crippen LogP contribution in [0.15, 0.2) is 135 Å². The third-order valence-corrected chi connectivity index (χ3v) is 9.33. The van der Waals surface area contributed by atoms with Crippen molar-refractivity contribution in [2.45, 2.75) is 27.4 Å². The first-order valence-corrected chi connectivity index (χ1v) is 17.1. The predicted octanol–water partition coefficient (Wildman–Crippen LogP) is 10.8. The third kappa shape index (κ3) is 7.48. The number of hydrogen-bond donors (Lipinski definition) is 2. The van der Waals surface area contributed by atoms with Gasteiger partial charge < -0.3 is 19.6 Å². The molecule has 2 N–H and O–H groups in total. The number of H-pyrrole nitrogens is 1. The predicted molar refractivity (Wildman–Crippen MR) is 203 cm³/mol. The number of rotatable bonds is 9. The number of aromatic amines is 1.